The molecule has 0 aromatic heterocycles. The largest absolute Gasteiger partial charge is 0.103 e. The molecule has 0 amide bonds. The van der Waals surface area contributed by atoms with Crippen LogP contribution in [0.25, 0.3) is 11.1 Å². The molecule has 0 nitrogen and oxygen atoms in total. The summed E-state index contributed by atoms with van der Waals surface area (Å²) in [7, 11) is 0. The molecular weight excluding hydrogens is 216 g/mol. The molecule has 0 N–H and O–H groups in total. The summed E-state index contributed by atoms with van der Waals surface area (Å²) >= 11 is 0. The Kier molecular flexibility index (Phi) is 4.14. The Morgan fingerprint density at radius 3 is 2.33 bits per heavy atom. The molecule has 0 aliphatic carbocycles. The van der Waals surface area contributed by atoms with E-state index in [4.69, 9.17) is 0 Å². The zero-order chi connectivity index (χ0) is 12.8. The molecule has 0 aliphatic rings. The summed E-state index contributed by atoms with van der Waals surface area (Å²) in [5.41, 5.74) is 5.00. The molecule has 0 aliphatic heterocycles. The van der Waals surface area contributed by atoms with Crippen molar-refractivity contribution in [3.8, 4) is 11.1 Å². The van der Waals surface area contributed by atoms with Crippen molar-refractivity contribution in [2.75, 3.05) is 0 Å². The molecular formula is C18H17. The molecule has 0 heteroatoms. The molecule has 0 heterocycles. The highest BCUT2D eigenvalue weighted by Crippen LogP contribution is 2.27. The van der Waals surface area contributed by atoms with Gasteiger partial charge in [-0.05, 0) is 41.2 Å². The van der Waals surface area contributed by atoms with Crippen molar-refractivity contribution in [1.82, 2.24) is 0 Å². The van der Waals surface area contributed by atoms with Gasteiger partial charge in [0.25, 0.3) is 0 Å². The molecule has 0 spiro atoms. The van der Waals surface area contributed by atoms with E-state index in [-0.39, 0.29) is 0 Å². The standard InChI is InChI=1S/C18H17/c1-3-9-15-13-8-14-18(17(15)10-4-2)16-11-6-5-7-12-16/h3-8,11-13H,1-2,9-10H2. The first-order chi connectivity index (χ1) is 8.86. The van der Waals surface area contributed by atoms with Crippen molar-refractivity contribution in [3.05, 3.63) is 85.0 Å². The second-order valence-electron chi connectivity index (χ2n) is 4.21. The minimum absolute atomic E-state index is 0.866. The van der Waals surface area contributed by atoms with E-state index < -0.39 is 0 Å². The van der Waals surface area contributed by atoms with E-state index in [0.29, 0.717) is 0 Å². The Morgan fingerprint density at radius 2 is 1.67 bits per heavy atom. The molecule has 1 radical (unpaired) electrons. The molecule has 18 heavy (non-hydrogen) atoms. The van der Waals surface area contributed by atoms with Gasteiger partial charge in [-0.15, -0.1) is 13.2 Å². The van der Waals surface area contributed by atoms with Crippen LogP contribution in [0.15, 0.2) is 67.8 Å². The van der Waals surface area contributed by atoms with Crippen molar-refractivity contribution in [2.45, 2.75) is 12.8 Å². The normalized spacial score (nSPS) is 10.0. The lowest BCUT2D eigenvalue weighted by molar-refractivity contribution is 1.15. The van der Waals surface area contributed by atoms with Gasteiger partial charge in [-0.1, -0.05) is 54.6 Å². The number of rotatable bonds is 5. The smallest absolute Gasteiger partial charge is 0.00671 e. The minimum Gasteiger partial charge on any atom is -0.103 e. The quantitative estimate of drug-likeness (QED) is 0.661. The van der Waals surface area contributed by atoms with Crippen LogP contribution in [0, 0.1) is 6.07 Å². The Hall–Kier alpha value is -2.08. The number of hydrogen-bond donors (Lipinski definition) is 0. The van der Waals surface area contributed by atoms with Crippen molar-refractivity contribution < 1.29 is 0 Å². The fourth-order valence-corrected chi connectivity index (χ4v) is 2.16. The van der Waals surface area contributed by atoms with Gasteiger partial charge in [-0.2, -0.15) is 0 Å². The molecule has 0 saturated heterocycles. The summed E-state index contributed by atoms with van der Waals surface area (Å²) in [4.78, 5) is 0. The highest BCUT2D eigenvalue weighted by atomic mass is 14.1. The van der Waals surface area contributed by atoms with Crippen LogP contribution >= 0.6 is 0 Å². The molecule has 2 rings (SSSR count). The predicted molar refractivity (Wildman–Crippen MR) is 78.5 cm³/mol. The molecule has 2 aromatic carbocycles. The average Bonchev–Trinajstić information content (AvgIpc) is 2.42. The molecule has 0 unspecified atom stereocenters. The monoisotopic (exact) mass is 233 g/mol. The van der Waals surface area contributed by atoms with Crippen LogP contribution in [-0.4, -0.2) is 0 Å². The Balaban J connectivity index is 2.55. The zero-order valence-corrected chi connectivity index (χ0v) is 10.5. The third-order valence-electron chi connectivity index (χ3n) is 2.98. The maximum atomic E-state index is 3.85. The first kappa shape index (κ1) is 12.4. The van der Waals surface area contributed by atoms with E-state index in [2.05, 4.69) is 49.6 Å². The van der Waals surface area contributed by atoms with Crippen LogP contribution in [0.3, 0.4) is 0 Å². The SMILES string of the molecule is C=CCc1cc[c]c(-c2ccccc2)c1CC=C. The number of hydrogen-bond acceptors (Lipinski definition) is 0. The highest BCUT2D eigenvalue weighted by molar-refractivity contribution is 5.68. The summed E-state index contributed by atoms with van der Waals surface area (Å²) in [6.07, 6.45) is 5.64. The topological polar surface area (TPSA) is 0 Å². The van der Waals surface area contributed by atoms with Crippen LogP contribution in [0.4, 0.5) is 0 Å². The fourth-order valence-electron chi connectivity index (χ4n) is 2.16. The van der Waals surface area contributed by atoms with Gasteiger partial charge in [0.1, 0.15) is 0 Å². The summed E-state index contributed by atoms with van der Waals surface area (Å²) in [6.45, 7) is 7.68. The van der Waals surface area contributed by atoms with Gasteiger partial charge in [0, 0.05) is 0 Å². The highest BCUT2D eigenvalue weighted by Gasteiger charge is 2.07. The van der Waals surface area contributed by atoms with Gasteiger partial charge < -0.3 is 0 Å². The summed E-state index contributed by atoms with van der Waals surface area (Å²) in [6, 6.07) is 17.9. The summed E-state index contributed by atoms with van der Waals surface area (Å²) in [5, 5.41) is 0. The summed E-state index contributed by atoms with van der Waals surface area (Å²) < 4.78 is 0. The Labute approximate surface area is 109 Å². The number of benzene rings is 2. The van der Waals surface area contributed by atoms with Crippen LogP contribution < -0.4 is 0 Å². The van der Waals surface area contributed by atoms with Crippen molar-refractivity contribution in [1.29, 1.82) is 0 Å². The van der Waals surface area contributed by atoms with E-state index >= 15 is 0 Å². The number of allylic oxidation sites excluding steroid dienone is 2. The molecule has 0 fully saturated rings. The lowest BCUT2D eigenvalue weighted by atomic mass is 9.92. The van der Waals surface area contributed by atoms with Gasteiger partial charge in [0.05, 0.1) is 0 Å². The Bertz CT molecular complexity index is 535. The van der Waals surface area contributed by atoms with Crippen molar-refractivity contribution in [3.63, 3.8) is 0 Å². The lowest BCUT2D eigenvalue weighted by Gasteiger charge is -2.12. The lowest BCUT2D eigenvalue weighted by Crippen LogP contribution is -1.95. The average molecular weight is 233 g/mol. The van der Waals surface area contributed by atoms with Crippen LogP contribution in [0.2, 0.25) is 0 Å². The minimum atomic E-state index is 0.866. The maximum Gasteiger partial charge on any atom is -0.00671 e. The van der Waals surface area contributed by atoms with Gasteiger partial charge in [0.2, 0.25) is 0 Å². The van der Waals surface area contributed by atoms with Crippen LogP contribution in [0.5, 0.6) is 0 Å². The summed E-state index contributed by atoms with van der Waals surface area (Å²) in [5.74, 6) is 0. The van der Waals surface area contributed by atoms with Gasteiger partial charge in [0.15, 0.2) is 0 Å². The molecule has 0 saturated carbocycles. The van der Waals surface area contributed by atoms with Gasteiger partial charge in [-0.25, -0.2) is 0 Å². The van der Waals surface area contributed by atoms with E-state index in [9.17, 15) is 0 Å². The van der Waals surface area contributed by atoms with Gasteiger partial charge in [-0.3, -0.25) is 0 Å². The van der Waals surface area contributed by atoms with Crippen molar-refractivity contribution in [2.24, 2.45) is 0 Å². The molecule has 0 atom stereocenters. The first-order valence-corrected chi connectivity index (χ1v) is 6.16. The maximum absolute atomic E-state index is 3.85. The fraction of sp³-hybridized carbons (Fsp3) is 0.111. The van der Waals surface area contributed by atoms with Crippen molar-refractivity contribution >= 4 is 0 Å². The Morgan fingerprint density at radius 1 is 0.944 bits per heavy atom. The zero-order valence-electron chi connectivity index (χ0n) is 10.5. The second-order valence-corrected chi connectivity index (χ2v) is 4.21. The third-order valence-corrected chi connectivity index (χ3v) is 2.98. The van der Waals surface area contributed by atoms with E-state index in [0.717, 1.165) is 12.8 Å². The van der Waals surface area contributed by atoms with Crippen LogP contribution in [0.1, 0.15) is 11.1 Å². The van der Waals surface area contributed by atoms with Gasteiger partial charge >= 0.3 is 0 Å². The predicted octanol–water partition coefficient (Wildman–Crippen LogP) is 4.61. The van der Waals surface area contributed by atoms with Crippen LogP contribution in [-0.2, 0) is 12.8 Å². The third kappa shape index (κ3) is 2.60. The van der Waals surface area contributed by atoms with E-state index in [1.807, 2.05) is 24.3 Å². The second kappa shape index (κ2) is 6.02. The van der Waals surface area contributed by atoms with E-state index in [1.165, 1.54) is 22.3 Å². The molecule has 89 valence electrons. The molecule has 0 bridgehead atoms. The molecule has 2 aromatic rings. The van der Waals surface area contributed by atoms with E-state index in [1.54, 1.807) is 0 Å². The first-order valence-electron chi connectivity index (χ1n) is 6.16.